The van der Waals surface area contributed by atoms with E-state index in [9.17, 15) is 8.42 Å². The molecule has 5 nitrogen and oxygen atoms in total. The van der Waals surface area contributed by atoms with E-state index < -0.39 is 10.0 Å². The summed E-state index contributed by atoms with van der Waals surface area (Å²) in [5.74, 6) is 0.758. The van der Waals surface area contributed by atoms with E-state index in [1.54, 1.807) is 6.92 Å². The zero-order valence-corrected chi connectivity index (χ0v) is 13.6. The van der Waals surface area contributed by atoms with Crippen LogP contribution < -0.4 is 15.8 Å². The second-order valence-corrected chi connectivity index (χ2v) is 7.43. The summed E-state index contributed by atoms with van der Waals surface area (Å²) in [4.78, 5) is 2.38. The molecule has 21 heavy (non-hydrogen) atoms. The summed E-state index contributed by atoms with van der Waals surface area (Å²) < 4.78 is 23.4. The molecular formula is C15H25N3O2S. The first kappa shape index (κ1) is 16.1. The Morgan fingerprint density at radius 3 is 2.62 bits per heavy atom. The van der Waals surface area contributed by atoms with Crippen LogP contribution in [0.1, 0.15) is 38.2 Å². The van der Waals surface area contributed by atoms with E-state index in [0.29, 0.717) is 11.3 Å². The fraction of sp³-hybridized carbons (Fsp3) is 0.600. The zero-order valence-electron chi connectivity index (χ0n) is 12.8. The van der Waals surface area contributed by atoms with Crippen molar-refractivity contribution in [2.75, 3.05) is 23.7 Å². The molecule has 4 N–H and O–H groups in total. The van der Waals surface area contributed by atoms with Gasteiger partial charge in [-0.2, -0.15) is 0 Å². The van der Waals surface area contributed by atoms with Crippen molar-refractivity contribution >= 4 is 21.4 Å². The van der Waals surface area contributed by atoms with Crippen molar-refractivity contribution in [2.45, 2.75) is 44.4 Å². The summed E-state index contributed by atoms with van der Waals surface area (Å²) in [6.07, 6.45) is 4.69. The number of sulfonamides is 1. The van der Waals surface area contributed by atoms with Gasteiger partial charge in [0.05, 0.1) is 4.90 Å². The largest absolute Gasteiger partial charge is 0.399 e. The van der Waals surface area contributed by atoms with Crippen LogP contribution in [0.25, 0.3) is 0 Å². The van der Waals surface area contributed by atoms with Gasteiger partial charge in [0, 0.05) is 24.5 Å². The van der Waals surface area contributed by atoms with Crippen LogP contribution in [0.5, 0.6) is 0 Å². The molecule has 1 saturated heterocycles. The molecule has 1 atom stereocenters. The lowest BCUT2D eigenvalue weighted by Gasteiger charge is -2.26. The molecule has 0 amide bonds. The van der Waals surface area contributed by atoms with Crippen LogP contribution in [0.15, 0.2) is 17.0 Å². The first-order valence-corrected chi connectivity index (χ1v) is 9.05. The summed E-state index contributed by atoms with van der Waals surface area (Å²) in [6.45, 7) is 5.90. The Balaban J connectivity index is 2.38. The van der Waals surface area contributed by atoms with Crippen molar-refractivity contribution in [3.63, 3.8) is 0 Å². The van der Waals surface area contributed by atoms with Crippen molar-refractivity contribution in [3.05, 3.63) is 17.7 Å². The summed E-state index contributed by atoms with van der Waals surface area (Å²) in [7, 11) is -3.75. The van der Waals surface area contributed by atoms with E-state index in [0.717, 1.165) is 37.5 Å². The van der Waals surface area contributed by atoms with Gasteiger partial charge in [0.2, 0.25) is 10.0 Å². The molecule has 0 spiro atoms. The van der Waals surface area contributed by atoms with Crippen LogP contribution in [-0.2, 0) is 10.0 Å². The Morgan fingerprint density at radius 2 is 2.00 bits per heavy atom. The Hall–Kier alpha value is -1.27. The maximum absolute atomic E-state index is 11.7. The van der Waals surface area contributed by atoms with Crippen LogP contribution in [0, 0.1) is 12.8 Å². The fourth-order valence-corrected chi connectivity index (χ4v) is 3.96. The van der Waals surface area contributed by atoms with E-state index in [2.05, 4.69) is 11.8 Å². The quantitative estimate of drug-likeness (QED) is 0.838. The van der Waals surface area contributed by atoms with Crippen molar-refractivity contribution in [1.82, 2.24) is 0 Å². The highest BCUT2D eigenvalue weighted by Crippen LogP contribution is 2.31. The van der Waals surface area contributed by atoms with Crippen molar-refractivity contribution in [3.8, 4) is 0 Å². The molecule has 0 radical (unpaired) electrons. The SMILES string of the molecule is CCC1CCCN(c2cc(N)cc(S(N)(=O)=O)c2C)CC1. The smallest absolute Gasteiger partial charge is 0.238 e. The standard InChI is InChI=1S/C15H25N3O2S/c1-3-12-5-4-7-18(8-6-12)14-9-13(16)10-15(11(14)2)21(17,19)20/h9-10,12H,3-8,16H2,1-2H3,(H2,17,19,20). The number of nitrogens with two attached hydrogens (primary N) is 2. The molecule has 1 heterocycles. The highest BCUT2D eigenvalue weighted by atomic mass is 32.2. The third-order valence-electron chi connectivity index (χ3n) is 4.43. The molecule has 6 heteroatoms. The van der Waals surface area contributed by atoms with Crippen LogP contribution in [-0.4, -0.2) is 21.5 Å². The molecule has 1 unspecified atom stereocenters. The third-order valence-corrected chi connectivity index (χ3v) is 5.46. The molecule has 1 aliphatic rings. The van der Waals surface area contributed by atoms with Gasteiger partial charge in [0.25, 0.3) is 0 Å². The molecule has 0 aliphatic carbocycles. The summed E-state index contributed by atoms with van der Waals surface area (Å²) in [6, 6.07) is 3.30. The van der Waals surface area contributed by atoms with Crippen LogP contribution in [0.2, 0.25) is 0 Å². The van der Waals surface area contributed by atoms with Gasteiger partial charge in [-0.25, -0.2) is 13.6 Å². The summed E-state index contributed by atoms with van der Waals surface area (Å²) in [5, 5.41) is 5.30. The van der Waals surface area contributed by atoms with E-state index in [-0.39, 0.29) is 4.90 Å². The predicted molar refractivity (Wildman–Crippen MR) is 86.8 cm³/mol. The van der Waals surface area contributed by atoms with Gasteiger partial charge < -0.3 is 10.6 Å². The second-order valence-electron chi connectivity index (χ2n) is 5.90. The molecule has 0 saturated carbocycles. The number of rotatable bonds is 3. The van der Waals surface area contributed by atoms with Gasteiger partial charge >= 0.3 is 0 Å². The molecule has 1 fully saturated rings. The molecule has 1 aliphatic heterocycles. The first-order valence-electron chi connectivity index (χ1n) is 7.50. The average molecular weight is 311 g/mol. The van der Waals surface area contributed by atoms with E-state index >= 15 is 0 Å². The maximum atomic E-state index is 11.7. The monoisotopic (exact) mass is 311 g/mol. The minimum Gasteiger partial charge on any atom is -0.399 e. The molecule has 1 aromatic rings. The molecule has 1 aromatic carbocycles. The van der Waals surface area contributed by atoms with Crippen molar-refractivity contribution in [1.29, 1.82) is 0 Å². The molecule has 2 rings (SSSR count). The lowest BCUT2D eigenvalue weighted by Crippen LogP contribution is -2.26. The lowest BCUT2D eigenvalue weighted by atomic mass is 9.98. The van der Waals surface area contributed by atoms with Crippen LogP contribution >= 0.6 is 0 Å². The van der Waals surface area contributed by atoms with Gasteiger partial charge in [-0.1, -0.05) is 13.3 Å². The van der Waals surface area contributed by atoms with Gasteiger partial charge in [-0.05, 0) is 49.8 Å². The van der Waals surface area contributed by atoms with Crippen molar-refractivity contribution < 1.29 is 8.42 Å². The van der Waals surface area contributed by atoms with E-state index in [1.807, 2.05) is 6.07 Å². The zero-order chi connectivity index (χ0) is 15.6. The number of hydrogen-bond donors (Lipinski definition) is 2. The Bertz CT molecular complexity index is 614. The highest BCUT2D eigenvalue weighted by Gasteiger charge is 2.21. The Morgan fingerprint density at radius 1 is 1.29 bits per heavy atom. The molecular weight excluding hydrogens is 286 g/mol. The lowest BCUT2D eigenvalue weighted by molar-refractivity contribution is 0.459. The number of primary sulfonamides is 1. The minimum atomic E-state index is -3.75. The highest BCUT2D eigenvalue weighted by molar-refractivity contribution is 7.89. The first-order chi connectivity index (χ1) is 9.82. The second kappa shape index (κ2) is 6.23. The summed E-state index contributed by atoms with van der Waals surface area (Å²) >= 11 is 0. The average Bonchev–Trinajstić information content (AvgIpc) is 2.65. The van der Waals surface area contributed by atoms with Gasteiger partial charge in [-0.3, -0.25) is 0 Å². The van der Waals surface area contributed by atoms with Gasteiger partial charge in [-0.15, -0.1) is 0 Å². The number of hydrogen-bond acceptors (Lipinski definition) is 4. The van der Waals surface area contributed by atoms with E-state index in [1.165, 1.54) is 18.9 Å². The Kier molecular flexibility index (Phi) is 4.78. The minimum absolute atomic E-state index is 0.133. The van der Waals surface area contributed by atoms with Gasteiger partial charge in [0.15, 0.2) is 0 Å². The normalized spacial score (nSPS) is 20.3. The topological polar surface area (TPSA) is 89.4 Å². The molecule has 0 aromatic heterocycles. The number of nitrogen functional groups attached to an aromatic ring is 1. The summed E-state index contributed by atoms with van der Waals surface area (Å²) in [5.41, 5.74) is 7.91. The Labute approximate surface area is 127 Å². The maximum Gasteiger partial charge on any atom is 0.238 e. The number of benzene rings is 1. The van der Waals surface area contributed by atoms with Crippen molar-refractivity contribution in [2.24, 2.45) is 11.1 Å². The van der Waals surface area contributed by atoms with E-state index in [4.69, 9.17) is 10.9 Å². The fourth-order valence-electron chi connectivity index (χ4n) is 3.13. The predicted octanol–water partition coefficient (Wildman–Crippen LogP) is 2.24. The van der Waals surface area contributed by atoms with Gasteiger partial charge in [0.1, 0.15) is 0 Å². The molecule has 118 valence electrons. The third kappa shape index (κ3) is 3.68. The number of anilines is 2. The number of nitrogens with zero attached hydrogens (tertiary/aromatic N) is 1. The molecule has 0 bridgehead atoms. The van der Waals surface area contributed by atoms with Crippen LogP contribution in [0.4, 0.5) is 11.4 Å². The van der Waals surface area contributed by atoms with Crippen LogP contribution in [0.3, 0.4) is 0 Å².